The number of hydrogen-bond acceptors (Lipinski definition) is 6. The first-order chi connectivity index (χ1) is 12.2. The molecule has 8 heteroatoms. The van der Waals surface area contributed by atoms with Crippen LogP contribution in [0, 0.1) is 0 Å². The summed E-state index contributed by atoms with van der Waals surface area (Å²) >= 11 is 0. The molecule has 2 atom stereocenters. The fraction of sp³-hybridized carbons (Fsp3) is 0.500. The monoisotopic (exact) mass is 366 g/mol. The zero-order chi connectivity index (χ0) is 19.7. The summed E-state index contributed by atoms with van der Waals surface area (Å²) in [7, 11) is 1.15. The molecule has 1 aromatic carbocycles. The first kappa shape index (κ1) is 21.4. The highest BCUT2D eigenvalue weighted by Gasteiger charge is 2.28. The van der Waals surface area contributed by atoms with E-state index in [9.17, 15) is 19.5 Å². The molecule has 1 aromatic rings. The van der Waals surface area contributed by atoms with E-state index in [1.54, 1.807) is 32.9 Å². The minimum Gasteiger partial charge on any atom is -0.467 e. The molecule has 0 aliphatic rings. The molecule has 2 amide bonds. The number of nitrogens with one attached hydrogen (secondary N) is 2. The van der Waals surface area contributed by atoms with Gasteiger partial charge in [0.15, 0.2) is 6.04 Å². The minimum atomic E-state index is -1.22. The fourth-order valence-corrected chi connectivity index (χ4v) is 2.10. The molecule has 3 N–H and O–H groups in total. The summed E-state index contributed by atoms with van der Waals surface area (Å²) in [5, 5.41) is 14.1. The number of carbonyl (C=O) groups is 3. The smallest absolute Gasteiger partial charge is 0.408 e. The standard InChI is InChI=1S/C18H26N2O6/c1-18(2,3)26-17(24)20-13(10-12-8-6-5-7-9-12)15(22)19-14(11-21)16(23)25-4/h5-9,13-14,21H,10-11H2,1-4H3,(H,19,22)(H,20,24)/t13-,14+/m0/s1. The topological polar surface area (TPSA) is 114 Å². The molecule has 1 rings (SSSR count). The van der Waals surface area contributed by atoms with E-state index in [1.807, 2.05) is 18.2 Å². The van der Waals surface area contributed by atoms with E-state index in [4.69, 9.17) is 4.74 Å². The van der Waals surface area contributed by atoms with Gasteiger partial charge in [0, 0.05) is 6.42 Å². The van der Waals surface area contributed by atoms with Gasteiger partial charge in [-0.15, -0.1) is 0 Å². The minimum absolute atomic E-state index is 0.186. The summed E-state index contributed by atoms with van der Waals surface area (Å²) in [6.45, 7) is 4.50. The number of esters is 1. The van der Waals surface area contributed by atoms with Gasteiger partial charge in [0.05, 0.1) is 13.7 Å². The van der Waals surface area contributed by atoms with Gasteiger partial charge in [-0.3, -0.25) is 4.79 Å². The lowest BCUT2D eigenvalue weighted by Gasteiger charge is -2.24. The Morgan fingerprint density at radius 3 is 2.19 bits per heavy atom. The lowest BCUT2D eigenvalue weighted by molar-refractivity contribution is -0.146. The summed E-state index contributed by atoms with van der Waals surface area (Å²) in [6.07, 6.45) is -0.571. The van der Waals surface area contributed by atoms with Crippen molar-refractivity contribution in [2.45, 2.75) is 44.9 Å². The summed E-state index contributed by atoms with van der Waals surface area (Å²) < 4.78 is 9.71. The fourth-order valence-electron chi connectivity index (χ4n) is 2.10. The van der Waals surface area contributed by atoms with Gasteiger partial charge >= 0.3 is 12.1 Å². The number of rotatable bonds is 7. The van der Waals surface area contributed by atoms with Crippen LogP contribution in [0.25, 0.3) is 0 Å². The maximum atomic E-state index is 12.5. The average molecular weight is 366 g/mol. The molecule has 0 aliphatic heterocycles. The highest BCUT2D eigenvalue weighted by Crippen LogP contribution is 2.09. The number of ether oxygens (including phenoxy) is 2. The Morgan fingerprint density at radius 2 is 1.69 bits per heavy atom. The maximum absolute atomic E-state index is 12.5. The molecule has 0 fully saturated rings. The zero-order valence-corrected chi connectivity index (χ0v) is 15.4. The number of carbonyl (C=O) groups excluding carboxylic acids is 3. The lowest BCUT2D eigenvalue weighted by Crippen LogP contribution is -2.54. The molecule has 0 radical (unpaired) electrons. The van der Waals surface area contributed by atoms with Gasteiger partial charge < -0.3 is 25.2 Å². The van der Waals surface area contributed by atoms with Crippen LogP contribution in [-0.4, -0.2) is 54.5 Å². The highest BCUT2D eigenvalue weighted by atomic mass is 16.6. The van der Waals surface area contributed by atoms with Crippen LogP contribution in [0.5, 0.6) is 0 Å². The third kappa shape index (κ3) is 7.52. The Balaban J connectivity index is 2.89. The van der Waals surface area contributed by atoms with E-state index in [-0.39, 0.29) is 6.42 Å². The van der Waals surface area contributed by atoms with E-state index in [0.717, 1.165) is 12.7 Å². The van der Waals surface area contributed by atoms with Gasteiger partial charge in [-0.25, -0.2) is 9.59 Å². The van der Waals surface area contributed by atoms with Crippen molar-refractivity contribution in [2.24, 2.45) is 0 Å². The predicted octanol–water partition coefficient (Wildman–Crippen LogP) is 0.772. The Hall–Kier alpha value is -2.61. The Bertz CT molecular complexity index is 612. The summed E-state index contributed by atoms with van der Waals surface area (Å²) in [5.41, 5.74) is 0.0830. The molecule has 0 heterocycles. The second kappa shape index (κ2) is 9.76. The lowest BCUT2D eigenvalue weighted by atomic mass is 10.0. The molecule has 0 aromatic heterocycles. The van der Waals surface area contributed by atoms with Gasteiger partial charge in [0.25, 0.3) is 0 Å². The van der Waals surface area contributed by atoms with Crippen LogP contribution in [0.15, 0.2) is 30.3 Å². The molecule has 0 saturated carbocycles. The second-order valence-electron chi connectivity index (χ2n) is 6.66. The molecule has 0 spiro atoms. The maximum Gasteiger partial charge on any atom is 0.408 e. The number of methoxy groups -OCH3 is 1. The largest absolute Gasteiger partial charge is 0.467 e. The molecule has 144 valence electrons. The van der Waals surface area contributed by atoms with Crippen LogP contribution in [0.1, 0.15) is 26.3 Å². The normalized spacial score (nSPS) is 13.3. The SMILES string of the molecule is COC(=O)[C@@H](CO)NC(=O)[C@H](Cc1ccccc1)NC(=O)OC(C)(C)C. The van der Waals surface area contributed by atoms with Crippen LogP contribution in [0.4, 0.5) is 4.79 Å². The first-order valence-electron chi connectivity index (χ1n) is 8.18. The van der Waals surface area contributed by atoms with E-state index < -0.39 is 42.3 Å². The van der Waals surface area contributed by atoms with Crippen molar-refractivity contribution in [2.75, 3.05) is 13.7 Å². The number of benzene rings is 1. The number of alkyl carbamates (subject to hydrolysis) is 1. The van der Waals surface area contributed by atoms with Crippen LogP contribution in [0.3, 0.4) is 0 Å². The van der Waals surface area contributed by atoms with Crippen molar-refractivity contribution in [1.82, 2.24) is 10.6 Å². The summed E-state index contributed by atoms with van der Waals surface area (Å²) in [4.78, 5) is 36.2. The highest BCUT2D eigenvalue weighted by molar-refractivity contribution is 5.90. The molecular weight excluding hydrogens is 340 g/mol. The van der Waals surface area contributed by atoms with Gasteiger partial charge in [-0.1, -0.05) is 30.3 Å². The zero-order valence-electron chi connectivity index (χ0n) is 15.4. The van der Waals surface area contributed by atoms with Gasteiger partial charge in [0.1, 0.15) is 11.6 Å². The van der Waals surface area contributed by atoms with E-state index in [0.29, 0.717) is 0 Å². The van der Waals surface area contributed by atoms with Crippen molar-refractivity contribution in [3.05, 3.63) is 35.9 Å². The van der Waals surface area contributed by atoms with Crippen molar-refractivity contribution < 1.29 is 29.0 Å². The van der Waals surface area contributed by atoms with Crippen molar-refractivity contribution >= 4 is 18.0 Å². The quantitative estimate of drug-likeness (QED) is 0.614. The van der Waals surface area contributed by atoms with Crippen molar-refractivity contribution in [1.29, 1.82) is 0 Å². The molecule has 0 saturated heterocycles. The molecule has 26 heavy (non-hydrogen) atoms. The first-order valence-corrected chi connectivity index (χ1v) is 8.18. The van der Waals surface area contributed by atoms with Gasteiger partial charge in [-0.05, 0) is 26.3 Å². The van der Waals surface area contributed by atoms with E-state index >= 15 is 0 Å². The predicted molar refractivity (Wildman–Crippen MR) is 94.3 cm³/mol. The summed E-state index contributed by atoms with van der Waals surface area (Å²) in [5.74, 6) is -1.42. The Morgan fingerprint density at radius 1 is 1.08 bits per heavy atom. The Labute approximate surface area is 152 Å². The number of amides is 2. The van der Waals surface area contributed by atoms with Crippen LogP contribution in [-0.2, 0) is 25.5 Å². The molecule has 0 bridgehead atoms. The molecule has 0 unspecified atom stereocenters. The van der Waals surface area contributed by atoms with Crippen molar-refractivity contribution in [3.63, 3.8) is 0 Å². The average Bonchev–Trinajstić information content (AvgIpc) is 2.57. The Kier molecular flexibility index (Phi) is 8.05. The number of hydrogen-bond donors (Lipinski definition) is 3. The van der Waals surface area contributed by atoms with Gasteiger partial charge in [0.2, 0.25) is 5.91 Å². The third-order valence-electron chi connectivity index (χ3n) is 3.27. The molecular formula is C18H26N2O6. The molecule has 8 nitrogen and oxygen atoms in total. The van der Waals surface area contributed by atoms with Gasteiger partial charge in [-0.2, -0.15) is 0 Å². The van der Waals surface area contributed by atoms with Crippen molar-refractivity contribution in [3.8, 4) is 0 Å². The summed E-state index contributed by atoms with van der Waals surface area (Å²) in [6, 6.07) is 6.85. The third-order valence-corrected chi connectivity index (χ3v) is 3.27. The van der Waals surface area contributed by atoms with Crippen LogP contribution < -0.4 is 10.6 Å². The second-order valence-corrected chi connectivity index (χ2v) is 6.66. The van der Waals surface area contributed by atoms with Crippen LogP contribution >= 0.6 is 0 Å². The van der Waals surface area contributed by atoms with Crippen LogP contribution in [0.2, 0.25) is 0 Å². The molecule has 0 aliphatic carbocycles. The number of aliphatic hydroxyl groups is 1. The van der Waals surface area contributed by atoms with E-state index in [1.165, 1.54) is 0 Å². The number of aliphatic hydroxyl groups excluding tert-OH is 1. The van der Waals surface area contributed by atoms with E-state index in [2.05, 4.69) is 15.4 Å².